The fourth-order valence-corrected chi connectivity index (χ4v) is 10.1. The number of rotatable bonds is 20. The molecule has 2 aliphatic rings. The molecule has 8 amide bonds. The van der Waals surface area contributed by atoms with Gasteiger partial charge in [0.05, 0.1) is 22.8 Å². The number of H-pyrrole nitrogens is 2. The summed E-state index contributed by atoms with van der Waals surface area (Å²) in [6.45, 7) is 27.3. The van der Waals surface area contributed by atoms with Gasteiger partial charge >= 0.3 is 0 Å². The largest absolute Gasteiger partial charge is 0.354 e. The second kappa shape index (κ2) is 27.7. The minimum Gasteiger partial charge on any atom is -0.354 e. The Bertz CT molecular complexity index is 3970. The molecule has 10 N–H and O–H groups in total. The number of aromatic amines is 2. The zero-order chi connectivity index (χ0) is 66.2. The van der Waals surface area contributed by atoms with Crippen molar-refractivity contribution >= 4 is 116 Å². The van der Waals surface area contributed by atoms with Gasteiger partial charge in [0.25, 0.3) is 0 Å². The van der Waals surface area contributed by atoms with E-state index in [4.69, 9.17) is 9.97 Å². The number of hydrogen-bond donors (Lipinski definition) is 10. The molecule has 9 rings (SSSR count). The van der Waals surface area contributed by atoms with Crippen molar-refractivity contribution in [3.8, 4) is 44.5 Å². The summed E-state index contributed by atoms with van der Waals surface area (Å²) in [5.41, 5.74) is 10.3. The third kappa shape index (κ3) is 14.4. The van der Waals surface area contributed by atoms with Crippen LogP contribution in [0.2, 0.25) is 0 Å². The Labute approximate surface area is 531 Å². The van der Waals surface area contributed by atoms with Gasteiger partial charge in [-0.15, -0.1) is 0 Å². The SMILES string of the molecule is C=C(C)C(=O)NC(C)C(=O)Nc1ccccc1-c1c2nc(c(-c3ccccc3NC(=O)C(C)NC(=O)C(=C)C)c3ccc([nH]3)c(-c3ccccc3NC(=O)C(C)NC(=O)C(=C)C)c3nc(c(-c4ccccc4NC(=O)C(C)NC(=O)C(=C)C)c4ccc1[nH]4)C=C3)C=C2. The molecule has 0 aliphatic carbocycles. The lowest BCUT2D eigenvalue weighted by Gasteiger charge is -2.17. The number of anilines is 4. The van der Waals surface area contributed by atoms with Crippen LogP contribution in [-0.2, 0) is 38.4 Å². The summed E-state index contributed by atoms with van der Waals surface area (Å²) in [5.74, 6) is -4.02. The molecule has 0 spiro atoms. The standard InChI is InChI=1S/C72H70N12O8/c1-37(2)65(85)73-41(9)69(89)81-49-25-17-13-21-45(49)61-53-29-31-55(77-53)62(46-22-14-18-26-50(46)82-70(90)42(10)74-66(86)38(3)4)57-33-35-59(79-57)64(48-24-16-20-28-52(48)84-72(92)44(12)76-68(88)40(7)8)60-36-34-58(80-60)63(56-32-30-54(61)78-56)47-23-15-19-27-51(47)83-71(91)43(11)75-67(87)39(5)6/h13-36,41-44,77,80H,1,3,5,7H2,2,4,6,8-12H3,(H,73,85)(H,74,86)(H,75,87)(H,76,88)(H,81,89)(H,82,90)(H,83,91)(H,84,92). The highest BCUT2D eigenvalue weighted by molar-refractivity contribution is 6.10. The van der Waals surface area contributed by atoms with Crippen LogP contribution in [0.15, 0.2) is 170 Å². The molecule has 3 aromatic heterocycles. The van der Waals surface area contributed by atoms with E-state index in [2.05, 4.69) is 78.8 Å². The monoisotopic (exact) mass is 1230 g/mol. The Morgan fingerprint density at radius 1 is 0.326 bits per heavy atom. The van der Waals surface area contributed by atoms with Gasteiger partial charge in [-0.3, -0.25) is 38.4 Å². The molecule has 7 aromatic rings. The summed E-state index contributed by atoms with van der Waals surface area (Å²) in [7, 11) is 0. The highest BCUT2D eigenvalue weighted by Crippen LogP contribution is 2.43. The third-order valence-electron chi connectivity index (χ3n) is 15.1. The van der Waals surface area contributed by atoms with E-state index in [1.807, 2.05) is 97.1 Å². The lowest BCUT2D eigenvalue weighted by molar-refractivity contribution is -0.123. The lowest BCUT2D eigenvalue weighted by atomic mass is 10.0. The summed E-state index contributed by atoms with van der Waals surface area (Å²) in [6, 6.07) is 32.2. The second-order valence-corrected chi connectivity index (χ2v) is 22.5. The molecule has 20 heteroatoms. The first kappa shape index (κ1) is 64.7. The van der Waals surface area contributed by atoms with E-state index in [1.165, 1.54) is 0 Å². The molecule has 8 bridgehead atoms. The molecule has 0 saturated heterocycles. The average molecular weight is 1230 g/mol. The van der Waals surface area contributed by atoms with Crippen LogP contribution >= 0.6 is 0 Å². The Balaban J connectivity index is 1.39. The number of amides is 8. The van der Waals surface area contributed by atoms with Crippen molar-refractivity contribution in [2.24, 2.45) is 0 Å². The van der Waals surface area contributed by atoms with E-state index in [0.29, 0.717) is 112 Å². The number of aromatic nitrogens is 4. The van der Waals surface area contributed by atoms with Crippen LogP contribution in [0.1, 0.15) is 78.2 Å². The fraction of sp³-hybridized carbons (Fsp3) is 0.167. The zero-order valence-corrected chi connectivity index (χ0v) is 52.2. The molecule has 466 valence electrons. The van der Waals surface area contributed by atoms with Gasteiger partial charge in [-0.1, -0.05) is 99.1 Å². The number of fused-ring (bicyclic) bond motifs is 8. The summed E-state index contributed by atoms with van der Waals surface area (Å²) in [6.07, 6.45) is 7.34. The van der Waals surface area contributed by atoms with E-state index in [9.17, 15) is 38.4 Å². The number of carbonyl (C=O) groups excluding carboxylic acids is 8. The fourth-order valence-electron chi connectivity index (χ4n) is 10.1. The number of benzene rings is 4. The number of hydrogen-bond acceptors (Lipinski definition) is 10. The van der Waals surface area contributed by atoms with Gasteiger partial charge in [0.2, 0.25) is 47.3 Å². The van der Waals surface area contributed by atoms with Crippen molar-refractivity contribution in [2.45, 2.75) is 79.6 Å². The molecule has 0 saturated carbocycles. The van der Waals surface area contributed by atoms with Crippen LogP contribution < -0.4 is 42.5 Å². The van der Waals surface area contributed by atoms with Gasteiger partial charge in [-0.25, -0.2) is 9.97 Å². The highest BCUT2D eigenvalue weighted by atomic mass is 16.2. The van der Waals surface area contributed by atoms with Crippen LogP contribution in [0.5, 0.6) is 0 Å². The first-order valence-electron chi connectivity index (χ1n) is 29.5. The number of para-hydroxylation sites is 4. The summed E-state index contributed by atoms with van der Waals surface area (Å²) in [5, 5.41) is 22.9. The second-order valence-electron chi connectivity index (χ2n) is 22.5. The predicted octanol–water partition coefficient (Wildman–Crippen LogP) is 11.4. The quantitative estimate of drug-likeness (QED) is 0.0322. The zero-order valence-electron chi connectivity index (χ0n) is 52.2. The maximum absolute atomic E-state index is 14.1. The third-order valence-corrected chi connectivity index (χ3v) is 15.1. The first-order chi connectivity index (χ1) is 43.9. The number of nitrogens with zero attached hydrogens (tertiary/aromatic N) is 2. The van der Waals surface area contributed by atoms with Gasteiger partial charge in [0.15, 0.2) is 0 Å². The predicted molar refractivity (Wildman–Crippen MR) is 365 cm³/mol. The van der Waals surface area contributed by atoms with Crippen molar-refractivity contribution < 1.29 is 38.4 Å². The topological polar surface area (TPSA) is 290 Å². The van der Waals surface area contributed by atoms with Gasteiger partial charge in [-0.05, 0) is 128 Å². The van der Waals surface area contributed by atoms with Crippen LogP contribution in [0, 0.1) is 0 Å². The summed E-state index contributed by atoms with van der Waals surface area (Å²) >= 11 is 0. The Morgan fingerprint density at radius 3 is 0.717 bits per heavy atom. The van der Waals surface area contributed by atoms with Gasteiger partial charge in [-0.2, -0.15) is 0 Å². The van der Waals surface area contributed by atoms with Crippen LogP contribution in [0.4, 0.5) is 22.7 Å². The molecule has 20 nitrogen and oxygen atoms in total. The van der Waals surface area contributed by atoms with E-state index in [1.54, 1.807) is 104 Å². The Kier molecular flexibility index (Phi) is 19.5. The van der Waals surface area contributed by atoms with Crippen molar-refractivity contribution in [2.75, 3.05) is 21.3 Å². The summed E-state index contributed by atoms with van der Waals surface area (Å²) < 4.78 is 0. The normalized spacial score (nSPS) is 12.6. The molecule has 5 heterocycles. The van der Waals surface area contributed by atoms with Gasteiger partial charge in [0.1, 0.15) is 24.2 Å². The van der Waals surface area contributed by atoms with E-state index >= 15 is 0 Å². The van der Waals surface area contributed by atoms with E-state index in [0.717, 1.165) is 0 Å². The summed E-state index contributed by atoms with van der Waals surface area (Å²) in [4.78, 5) is 126. The van der Waals surface area contributed by atoms with Gasteiger partial charge < -0.3 is 52.5 Å². The van der Waals surface area contributed by atoms with E-state index in [-0.39, 0.29) is 22.3 Å². The lowest BCUT2D eigenvalue weighted by Crippen LogP contribution is -2.41. The molecule has 4 aromatic carbocycles. The molecular formula is C72H70N12O8. The maximum atomic E-state index is 14.1. The van der Waals surface area contributed by atoms with Crippen molar-refractivity contribution in [3.63, 3.8) is 0 Å². The van der Waals surface area contributed by atoms with Crippen LogP contribution in [-0.4, -0.2) is 91.4 Å². The minimum absolute atomic E-state index is 0.227. The van der Waals surface area contributed by atoms with Crippen LogP contribution in [0.25, 0.3) is 90.9 Å². The Hall–Kier alpha value is -11.8. The van der Waals surface area contributed by atoms with Crippen molar-refractivity contribution in [1.82, 2.24) is 41.2 Å². The average Bonchev–Trinajstić information content (AvgIpc) is 1.59. The van der Waals surface area contributed by atoms with Crippen molar-refractivity contribution in [3.05, 3.63) is 193 Å². The van der Waals surface area contributed by atoms with Gasteiger partial charge in [0, 0.05) is 112 Å². The minimum atomic E-state index is -0.983. The van der Waals surface area contributed by atoms with Crippen LogP contribution in [0.3, 0.4) is 0 Å². The smallest absolute Gasteiger partial charge is 0.246 e. The molecule has 0 radical (unpaired) electrons. The maximum Gasteiger partial charge on any atom is 0.246 e. The highest BCUT2D eigenvalue weighted by Gasteiger charge is 2.27. The number of carbonyl (C=O) groups is 8. The van der Waals surface area contributed by atoms with E-state index < -0.39 is 71.4 Å². The Morgan fingerprint density at radius 2 is 0.522 bits per heavy atom. The molecule has 4 unspecified atom stereocenters. The number of nitrogens with one attached hydrogen (secondary N) is 10. The molecule has 0 fully saturated rings. The molecular weight excluding hydrogens is 1160 g/mol. The molecule has 2 aliphatic heterocycles. The van der Waals surface area contributed by atoms with Crippen molar-refractivity contribution in [1.29, 1.82) is 0 Å². The first-order valence-corrected chi connectivity index (χ1v) is 29.5. The molecule has 4 atom stereocenters. The molecule has 92 heavy (non-hydrogen) atoms.